The van der Waals surface area contributed by atoms with Crippen molar-refractivity contribution in [3.63, 3.8) is 0 Å². The molecule has 2 aromatic rings. The van der Waals surface area contributed by atoms with Crippen LogP contribution in [0.4, 0.5) is 0 Å². The van der Waals surface area contributed by atoms with Crippen molar-refractivity contribution in [3.8, 4) is 16.3 Å². The van der Waals surface area contributed by atoms with Gasteiger partial charge in [-0.15, -0.1) is 11.3 Å². The van der Waals surface area contributed by atoms with Crippen LogP contribution in [0.5, 0.6) is 5.75 Å². The van der Waals surface area contributed by atoms with Gasteiger partial charge in [-0.3, -0.25) is 0 Å². The Morgan fingerprint density at radius 2 is 1.79 bits per heavy atom. The van der Waals surface area contributed by atoms with Crippen LogP contribution in [0.2, 0.25) is 0 Å². The van der Waals surface area contributed by atoms with E-state index in [4.69, 9.17) is 5.11 Å². The highest BCUT2D eigenvalue weighted by molar-refractivity contribution is 7.15. The molecule has 0 amide bonds. The second kappa shape index (κ2) is 3.42. The molecule has 14 heavy (non-hydrogen) atoms. The first-order valence-corrected chi connectivity index (χ1v) is 5.22. The molecule has 1 aromatic carbocycles. The van der Waals surface area contributed by atoms with Gasteiger partial charge in [0, 0.05) is 10.4 Å². The molecule has 0 saturated heterocycles. The van der Waals surface area contributed by atoms with Gasteiger partial charge in [-0.25, -0.2) is 4.98 Å². The second-order valence-electron chi connectivity index (χ2n) is 3.21. The lowest BCUT2D eigenvalue weighted by atomic mass is 10.2. The molecule has 2 rings (SSSR count). The highest BCUT2D eigenvalue weighted by atomic mass is 32.1. The Morgan fingerprint density at radius 3 is 2.29 bits per heavy atom. The summed E-state index contributed by atoms with van der Waals surface area (Å²) in [6.07, 6.45) is 0. The maximum atomic E-state index is 9.15. The number of hydrogen-bond acceptors (Lipinski definition) is 3. The molecular weight excluding hydrogens is 194 g/mol. The Kier molecular flexibility index (Phi) is 2.25. The molecule has 0 atom stereocenters. The molecule has 0 unspecified atom stereocenters. The molecule has 0 aliphatic rings. The van der Waals surface area contributed by atoms with Gasteiger partial charge in [0.2, 0.25) is 0 Å². The van der Waals surface area contributed by atoms with Crippen LogP contribution in [-0.4, -0.2) is 10.1 Å². The third kappa shape index (κ3) is 1.63. The van der Waals surface area contributed by atoms with Gasteiger partial charge in [-0.05, 0) is 38.1 Å². The Bertz CT molecular complexity index is 425. The van der Waals surface area contributed by atoms with Crippen molar-refractivity contribution in [2.45, 2.75) is 13.8 Å². The second-order valence-corrected chi connectivity index (χ2v) is 4.41. The topological polar surface area (TPSA) is 33.1 Å². The average Bonchev–Trinajstić information content (AvgIpc) is 2.48. The summed E-state index contributed by atoms with van der Waals surface area (Å²) >= 11 is 1.68. The van der Waals surface area contributed by atoms with Crippen molar-refractivity contribution in [1.29, 1.82) is 0 Å². The first kappa shape index (κ1) is 9.21. The van der Waals surface area contributed by atoms with Crippen LogP contribution in [0.15, 0.2) is 24.3 Å². The third-order valence-electron chi connectivity index (χ3n) is 2.14. The number of phenolic OH excluding ortho intramolecular Hbond substituents is 1. The van der Waals surface area contributed by atoms with Crippen LogP contribution in [0, 0.1) is 13.8 Å². The Hall–Kier alpha value is -1.35. The van der Waals surface area contributed by atoms with Crippen molar-refractivity contribution in [2.24, 2.45) is 0 Å². The zero-order valence-corrected chi connectivity index (χ0v) is 8.93. The monoisotopic (exact) mass is 205 g/mol. The van der Waals surface area contributed by atoms with E-state index in [1.165, 1.54) is 4.88 Å². The lowest BCUT2D eigenvalue weighted by Crippen LogP contribution is -1.76. The molecule has 0 bridgehead atoms. The summed E-state index contributed by atoms with van der Waals surface area (Å²) in [6.45, 7) is 4.08. The van der Waals surface area contributed by atoms with E-state index in [2.05, 4.69) is 11.9 Å². The van der Waals surface area contributed by atoms with E-state index < -0.39 is 0 Å². The molecule has 0 aliphatic carbocycles. The average molecular weight is 205 g/mol. The largest absolute Gasteiger partial charge is 0.508 e. The molecule has 0 aliphatic heterocycles. The van der Waals surface area contributed by atoms with E-state index in [-0.39, 0.29) is 0 Å². The summed E-state index contributed by atoms with van der Waals surface area (Å²) < 4.78 is 0. The van der Waals surface area contributed by atoms with E-state index in [9.17, 15) is 0 Å². The Morgan fingerprint density at radius 1 is 1.14 bits per heavy atom. The van der Waals surface area contributed by atoms with E-state index in [0.29, 0.717) is 5.75 Å². The van der Waals surface area contributed by atoms with Crippen molar-refractivity contribution in [2.75, 3.05) is 0 Å². The van der Waals surface area contributed by atoms with Crippen molar-refractivity contribution in [3.05, 3.63) is 34.8 Å². The number of thiazole rings is 1. The third-order valence-corrected chi connectivity index (χ3v) is 3.26. The van der Waals surface area contributed by atoms with Crippen LogP contribution in [0.25, 0.3) is 10.6 Å². The molecule has 1 N–H and O–H groups in total. The van der Waals surface area contributed by atoms with Crippen molar-refractivity contribution in [1.82, 2.24) is 4.98 Å². The lowest BCUT2D eigenvalue weighted by Gasteiger charge is -1.95. The fourth-order valence-electron chi connectivity index (χ4n) is 1.20. The smallest absolute Gasteiger partial charge is 0.123 e. The van der Waals surface area contributed by atoms with Gasteiger partial charge in [-0.1, -0.05) is 0 Å². The normalized spacial score (nSPS) is 10.4. The minimum Gasteiger partial charge on any atom is -0.508 e. The molecule has 2 nitrogen and oxygen atoms in total. The summed E-state index contributed by atoms with van der Waals surface area (Å²) in [5.74, 6) is 0.291. The summed E-state index contributed by atoms with van der Waals surface area (Å²) in [6, 6.07) is 7.13. The first-order chi connectivity index (χ1) is 6.66. The summed E-state index contributed by atoms with van der Waals surface area (Å²) in [5, 5.41) is 10.2. The summed E-state index contributed by atoms with van der Waals surface area (Å²) in [7, 11) is 0. The molecule has 1 heterocycles. The number of benzene rings is 1. The van der Waals surface area contributed by atoms with Crippen molar-refractivity contribution >= 4 is 11.3 Å². The molecule has 0 saturated carbocycles. The van der Waals surface area contributed by atoms with Gasteiger partial charge in [0.25, 0.3) is 0 Å². The molecular formula is C11H11NOS. The minimum absolute atomic E-state index is 0.291. The van der Waals surface area contributed by atoms with E-state index in [0.717, 1.165) is 16.3 Å². The quantitative estimate of drug-likeness (QED) is 0.775. The number of aryl methyl sites for hydroxylation is 2. The van der Waals surface area contributed by atoms with Crippen LogP contribution in [-0.2, 0) is 0 Å². The Balaban J connectivity index is 2.44. The van der Waals surface area contributed by atoms with Crippen LogP contribution in [0.3, 0.4) is 0 Å². The van der Waals surface area contributed by atoms with Crippen molar-refractivity contribution < 1.29 is 5.11 Å². The maximum absolute atomic E-state index is 9.15. The van der Waals surface area contributed by atoms with E-state index in [1.807, 2.05) is 19.1 Å². The maximum Gasteiger partial charge on any atom is 0.123 e. The van der Waals surface area contributed by atoms with Crippen LogP contribution < -0.4 is 0 Å². The molecule has 0 spiro atoms. The van der Waals surface area contributed by atoms with Crippen LogP contribution in [0.1, 0.15) is 10.6 Å². The zero-order valence-electron chi connectivity index (χ0n) is 8.11. The minimum atomic E-state index is 0.291. The van der Waals surface area contributed by atoms with Gasteiger partial charge < -0.3 is 5.11 Å². The number of hydrogen-bond donors (Lipinski definition) is 1. The van der Waals surface area contributed by atoms with Gasteiger partial charge in [0.1, 0.15) is 10.8 Å². The summed E-state index contributed by atoms with van der Waals surface area (Å²) in [5.41, 5.74) is 2.14. The molecule has 72 valence electrons. The highest BCUT2D eigenvalue weighted by Gasteiger charge is 2.05. The molecule has 0 radical (unpaired) electrons. The number of phenols is 1. The molecule has 3 heteroatoms. The van der Waals surface area contributed by atoms with E-state index >= 15 is 0 Å². The van der Waals surface area contributed by atoms with Gasteiger partial charge in [0.05, 0.1) is 5.69 Å². The number of rotatable bonds is 1. The SMILES string of the molecule is Cc1nc(-c2ccc(O)cc2)sc1C. The number of nitrogens with zero attached hydrogens (tertiary/aromatic N) is 1. The zero-order chi connectivity index (χ0) is 10.1. The highest BCUT2D eigenvalue weighted by Crippen LogP contribution is 2.28. The standard InChI is InChI=1S/C11H11NOS/c1-7-8(2)14-11(12-7)9-3-5-10(13)6-4-9/h3-6,13H,1-2H3. The fourth-order valence-corrected chi connectivity index (χ4v) is 2.12. The predicted molar refractivity (Wildman–Crippen MR) is 58.7 cm³/mol. The first-order valence-electron chi connectivity index (χ1n) is 4.40. The van der Waals surface area contributed by atoms with Gasteiger partial charge in [-0.2, -0.15) is 0 Å². The fraction of sp³-hybridized carbons (Fsp3) is 0.182. The molecule has 1 aromatic heterocycles. The molecule has 0 fully saturated rings. The number of aromatic nitrogens is 1. The van der Waals surface area contributed by atoms with E-state index in [1.54, 1.807) is 23.5 Å². The lowest BCUT2D eigenvalue weighted by molar-refractivity contribution is 0.475. The van der Waals surface area contributed by atoms with Crippen LogP contribution >= 0.6 is 11.3 Å². The predicted octanol–water partition coefficient (Wildman–Crippen LogP) is 3.13. The van der Waals surface area contributed by atoms with Gasteiger partial charge in [0.15, 0.2) is 0 Å². The summed E-state index contributed by atoms with van der Waals surface area (Å²) in [4.78, 5) is 5.69. The number of aromatic hydroxyl groups is 1. The Labute approximate surface area is 86.9 Å². The van der Waals surface area contributed by atoms with Gasteiger partial charge >= 0.3 is 0 Å².